The Kier molecular flexibility index (Phi) is 5.04. The molecule has 0 bridgehead atoms. The maximum atomic E-state index is 3.95. The van der Waals surface area contributed by atoms with Gasteiger partial charge in [-0.25, -0.2) is 0 Å². The first-order valence-corrected chi connectivity index (χ1v) is 9.27. The Morgan fingerprint density at radius 3 is 2.60 bits per heavy atom. The van der Waals surface area contributed by atoms with Crippen LogP contribution in [0.5, 0.6) is 0 Å². The highest BCUT2D eigenvalue weighted by atomic mass is 15.2. The second kappa shape index (κ2) is 6.79. The normalized spacial score (nSPS) is 36.5. The van der Waals surface area contributed by atoms with Gasteiger partial charge in [0.25, 0.3) is 0 Å². The lowest BCUT2D eigenvalue weighted by Gasteiger charge is -2.42. The van der Waals surface area contributed by atoms with Crippen LogP contribution in [0.15, 0.2) is 0 Å². The van der Waals surface area contributed by atoms with Crippen LogP contribution in [0.2, 0.25) is 0 Å². The van der Waals surface area contributed by atoms with Crippen LogP contribution in [0.4, 0.5) is 0 Å². The van der Waals surface area contributed by atoms with Crippen molar-refractivity contribution in [3.05, 3.63) is 0 Å². The summed E-state index contributed by atoms with van der Waals surface area (Å²) in [7, 11) is 0. The molecule has 0 aromatic heterocycles. The number of nitrogens with zero attached hydrogens (tertiary/aromatic N) is 1. The van der Waals surface area contributed by atoms with E-state index in [1.54, 1.807) is 0 Å². The summed E-state index contributed by atoms with van der Waals surface area (Å²) in [6.45, 7) is 6.38. The maximum Gasteiger partial charge on any atom is 0.0308 e. The van der Waals surface area contributed by atoms with Gasteiger partial charge in [0.1, 0.15) is 0 Å². The van der Waals surface area contributed by atoms with E-state index in [4.69, 9.17) is 0 Å². The van der Waals surface area contributed by atoms with Crippen LogP contribution >= 0.6 is 0 Å². The molecule has 0 aromatic rings. The van der Waals surface area contributed by atoms with Gasteiger partial charge in [0.15, 0.2) is 0 Å². The summed E-state index contributed by atoms with van der Waals surface area (Å²) in [5.74, 6) is 0.966. The second-order valence-electron chi connectivity index (χ2n) is 7.86. The third-order valence-corrected chi connectivity index (χ3v) is 6.18. The predicted molar refractivity (Wildman–Crippen MR) is 86.0 cm³/mol. The zero-order valence-electron chi connectivity index (χ0n) is 13.5. The number of nitrogens with one attached hydrogen (secondary N) is 1. The van der Waals surface area contributed by atoms with Gasteiger partial charge in [-0.1, -0.05) is 39.0 Å². The van der Waals surface area contributed by atoms with E-state index in [1.165, 1.54) is 90.3 Å². The largest absolute Gasteiger partial charge is 0.310 e. The molecule has 116 valence electrons. The van der Waals surface area contributed by atoms with Crippen molar-refractivity contribution in [1.29, 1.82) is 0 Å². The van der Waals surface area contributed by atoms with Crippen molar-refractivity contribution >= 4 is 0 Å². The van der Waals surface area contributed by atoms with Gasteiger partial charge < -0.3 is 5.32 Å². The average Bonchev–Trinajstić information content (AvgIpc) is 2.79. The summed E-state index contributed by atoms with van der Waals surface area (Å²) in [4.78, 5) is 2.89. The van der Waals surface area contributed by atoms with Crippen LogP contribution in [0.3, 0.4) is 0 Å². The van der Waals surface area contributed by atoms with E-state index in [1.807, 2.05) is 0 Å². The van der Waals surface area contributed by atoms with Gasteiger partial charge in [-0.15, -0.1) is 0 Å². The minimum absolute atomic E-state index is 0.479. The summed E-state index contributed by atoms with van der Waals surface area (Å²) in [5.41, 5.74) is 0.479. The highest BCUT2D eigenvalue weighted by molar-refractivity contribution is 4.96. The first-order valence-electron chi connectivity index (χ1n) is 9.27. The summed E-state index contributed by atoms with van der Waals surface area (Å²) in [6, 6.07) is 0.888. The van der Waals surface area contributed by atoms with Crippen molar-refractivity contribution in [2.45, 2.75) is 89.1 Å². The smallest absolute Gasteiger partial charge is 0.0308 e. The first kappa shape index (κ1) is 14.8. The third kappa shape index (κ3) is 3.57. The number of hydrogen-bond donors (Lipinski definition) is 1. The molecule has 1 spiro atoms. The Bertz CT molecular complexity index is 296. The molecule has 2 unspecified atom stereocenters. The maximum absolute atomic E-state index is 3.95. The minimum Gasteiger partial charge on any atom is -0.310 e. The number of rotatable bonds is 1. The molecular weight excluding hydrogens is 244 g/mol. The van der Waals surface area contributed by atoms with Crippen LogP contribution < -0.4 is 5.32 Å². The van der Waals surface area contributed by atoms with Gasteiger partial charge in [-0.2, -0.15) is 0 Å². The van der Waals surface area contributed by atoms with Gasteiger partial charge in [-0.3, -0.25) is 4.90 Å². The third-order valence-electron chi connectivity index (χ3n) is 6.18. The van der Waals surface area contributed by atoms with Crippen LogP contribution in [-0.4, -0.2) is 36.1 Å². The second-order valence-corrected chi connectivity index (χ2v) is 7.86. The molecule has 3 aliphatic rings. The van der Waals surface area contributed by atoms with E-state index in [2.05, 4.69) is 17.1 Å². The van der Waals surface area contributed by atoms with E-state index in [9.17, 15) is 0 Å². The molecule has 1 heterocycles. The SMILES string of the molecule is CC1CCCC(N2CCCNC3(CCCCC3)C2)CC1. The van der Waals surface area contributed by atoms with Gasteiger partial charge in [-0.05, 0) is 57.5 Å². The fourth-order valence-electron chi connectivity index (χ4n) is 4.87. The molecule has 20 heavy (non-hydrogen) atoms. The van der Waals surface area contributed by atoms with E-state index in [0.29, 0.717) is 5.54 Å². The minimum atomic E-state index is 0.479. The predicted octanol–water partition coefficient (Wildman–Crippen LogP) is 3.95. The fourth-order valence-corrected chi connectivity index (χ4v) is 4.87. The van der Waals surface area contributed by atoms with E-state index >= 15 is 0 Å². The Hall–Kier alpha value is -0.0800. The van der Waals surface area contributed by atoms with Gasteiger partial charge >= 0.3 is 0 Å². The molecule has 1 aliphatic heterocycles. The molecular formula is C18H34N2. The Morgan fingerprint density at radius 1 is 0.900 bits per heavy atom. The van der Waals surface area contributed by atoms with E-state index in [-0.39, 0.29) is 0 Å². The van der Waals surface area contributed by atoms with Crippen molar-refractivity contribution < 1.29 is 0 Å². The summed E-state index contributed by atoms with van der Waals surface area (Å²) >= 11 is 0. The van der Waals surface area contributed by atoms with Crippen LogP contribution in [0.1, 0.15) is 77.6 Å². The van der Waals surface area contributed by atoms with Gasteiger partial charge in [0.2, 0.25) is 0 Å². The standard InChI is InChI=1S/C18H34N2/c1-16-7-5-8-17(10-9-16)20-14-6-13-19-18(15-20)11-3-2-4-12-18/h16-17,19H,2-15H2,1H3. The van der Waals surface area contributed by atoms with Crippen molar-refractivity contribution in [2.75, 3.05) is 19.6 Å². The fraction of sp³-hybridized carbons (Fsp3) is 1.00. The van der Waals surface area contributed by atoms with Crippen molar-refractivity contribution in [3.8, 4) is 0 Å². The highest BCUT2D eigenvalue weighted by Crippen LogP contribution is 2.33. The van der Waals surface area contributed by atoms with Crippen LogP contribution in [0, 0.1) is 5.92 Å². The molecule has 2 aliphatic carbocycles. The summed E-state index contributed by atoms with van der Waals surface area (Å²) in [6.07, 6.45) is 15.9. The molecule has 3 rings (SSSR count). The molecule has 2 saturated carbocycles. The molecule has 0 amide bonds. The lowest BCUT2D eigenvalue weighted by Crippen LogP contribution is -2.54. The summed E-state index contributed by atoms with van der Waals surface area (Å²) in [5, 5.41) is 3.95. The first-order chi connectivity index (χ1) is 9.77. The molecule has 1 N–H and O–H groups in total. The molecule has 3 fully saturated rings. The highest BCUT2D eigenvalue weighted by Gasteiger charge is 2.36. The quantitative estimate of drug-likeness (QED) is 0.731. The molecule has 0 aromatic carbocycles. The van der Waals surface area contributed by atoms with Crippen LogP contribution in [0.25, 0.3) is 0 Å². The Morgan fingerprint density at radius 2 is 1.75 bits per heavy atom. The van der Waals surface area contributed by atoms with E-state index in [0.717, 1.165) is 12.0 Å². The lowest BCUT2D eigenvalue weighted by molar-refractivity contribution is 0.118. The van der Waals surface area contributed by atoms with Crippen molar-refractivity contribution in [1.82, 2.24) is 10.2 Å². The summed E-state index contributed by atoms with van der Waals surface area (Å²) < 4.78 is 0. The molecule has 2 nitrogen and oxygen atoms in total. The number of hydrogen-bond acceptors (Lipinski definition) is 2. The molecule has 2 heteroatoms. The molecule has 2 atom stereocenters. The lowest BCUT2D eigenvalue weighted by atomic mass is 9.81. The Balaban J connectivity index is 1.65. The van der Waals surface area contributed by atoms with E-state index < -0.39 is 0 Å². The van der Waals surface area contributed by atoms with Crippen molar-refractivity contribution in [2.24, 2.45) is 5.92 Å². The van der Waals surface area contributed by atoms with Gasteiger partial charge in [0.05, 0.1) is 0 Å². The van der Waals surface area contributed by atoms with Crippen molar-refractivity contribution in [3.63, 3.8) is 0 Å². The van der Waals surface area contributed by atoms with Gasteiger partial charge in [0, 0.05) is 18.1 Å². The monoisotopic (exact) mass is 278 g/mol. The zero-order chi connectivity index (χ0) is 13.8. The average molecular weight is 278 g/mol. The topological polar surface area (TPSA) is 15.3 Å². The molecule has 0 radical (unpaired) electrons. The zero-order valence-corrected chi connectivity index (χ0v) is 13.5. The molecule has 1 saturated heterocycles. The van der Waals surface area contributed by atoms with Crippen LogP contribution in [-0.2, 0) is 0 Å². The Labute approximate surface area is 125 Å².